The third kappa shape index (κ3) is 3.17. The monoisotopic (exact) mass is 325 g/mol. The van der Waals surface area contributed by atoms with Gasteiger partial charge in [0, 0.05) is 17.6 Å². The van der Waals surface area contributed by atoms with Gasteiger partial charge in [-0.05, 0) is 48.6 Å². The average molecular weight is 325 g/mol. The molecule has 1 aromatic heterocycles. The van der Waals surface area contributed by atoms with Crippen molar-refractivity contribution in [2.45, 2.75) is 0 Å². The minimum Gasteiger partial charge on any atom is -0.497 e. The molecule has 5 nitrogen and oxygen atoms in total. The summed E-state index contributed by atoms with van der Waals surface area (Å²) in [6.07, 6.45) is 1.61. The molecule has 0 fully saturated rings. The number of benzene rings is 2. The molecule has 116 valence electrons. The number of methoxy groups -OCH3 is 1. The van der Waals surface area contributed by atoms with E-state index >= 15 is 0 Å². The standard InChI is InChI=1S/C17H15N3O2S/c1-22-14-9-7-12(8-10-14)19-16(21)15-11-18-17(23)20(15)13-5-3-2-4-6-13/h2-11H,1H3,(H,18,23)(H,19,21). The van der Waals surface area contributed by atoms with Gasteiger partial charge >= 0.3 is 0 Å². The number of H-pyrrole nitrogens is 1. The third-order valence-corrected chi connectivity index (χ3v) is 3.67. The van der Waals surface area contributed by atoms with Crippen LogP contribution in [-0.4, -0.2) is 22.6 Å². The normalized spacial score (nSPS) is 10.3. The van der Waals surface area contributed by atoms with E-state index < -0.39 is 0 Å². The third-order valence-electron chi connectivity index (χ3n) is 3.37. The molecule has 0 saturated heterocycles. The predicted molar refractivity (Wildman–Crippen MR) is 91.9 cm³/mol. The van der Waals surface area contributed by atoms with Gasteiger partial charge in [-0.2, -0.15) is 0 Å². The van der Waals surface area contributed by atoms with Gasteiger partial charge in [-0.25, -0.2) is 0 Å². The molecule has 2 N–H and O–H groups in total. The Morgan fingerprint density at radius 2 is 1.83 bits per heavy atom. The van der Waals surface area contributed by atoms with Crippen LogP contribution in [0.3, 0.4) is 0 Å². The van der Waals surface area contributed by atoms with E-state index in [0.717, 1.165) is 11.4 Å². The number of hydrogen-bond donors (Lipinski definition) is 2. The van der Waals surface area contributed by atoms with E-state index in [4.69, 9.17) is 17.0 Å². The van der Waals surface area contributed by atoms with Crippen molar-refractivity contribution in [3.05, 3.63) is 71.3 Å². The molecule has 0 aliphatic carbocycles. The van der Waals surface area contributed by atoms with E-state index in [9.17, 15) is 4.79 Å². The quantitative estimate of drug-likeness (QED) is 0.717. The summed E-state index contributed by atoms with van der Waals surface area (Å²) in [5.41, 5.74) is 1.96. The first kappa shape index (κ1) is 15.1. The SMILES string of the molecule is COc1ccc(NC(=O)c2c[nH]c(=S)n2-c2ccccc2)cc1. The lowest BCUT2D eigenvalue weighted by Gasteiger charge is -2.09. The van der Waals surface area contributed by atoms with E-state index in [1.807, 2.05) is 30.3 Å². The van der Waals surface area contributed by atoms with E-state index in [1.165, 1.54) is 0 Å². The van der Waals surface area contributed by atoms with Crippen molar-refractivity contribution >= 4 is 23.8 Å². The highest BCUT2D eigenvalue weighted by molar-refractivity contribution is 7.71. The summed E-state index contributed by atoms with van der Waals surface area (Å²) >= 11 is 5.28. The number of nitrogens with zero attached hydrogens (tertiary/aromatic N) is 1. The number of carbonyl (C=O) groups is 1. The van der Waals surface area contributed by atoms with Gasteiger partial charge < -0.3 is 15.0 Å². The van der Waals surface area contributed by atoms with Gasteiger partial charge in [0.2, 0.25) is 0 Å². The van der Waals surface area contributed by atoms with Crippen molar-refractivity contribution in [3.8, 4) is 11.4 Å². The zero-order valence-corrected chi connectivity index (χ0v) is 13.3. The largest absolute Gasteiger partial charge is 0.497 e. The molecule has 6 heteroatoms. The highest BCUT2D eigenvalue weighted by atomic mass is 32.1. The Labute approximate surface area is 138 Å². The van der Waals surface area contributed by atoms with Gasteiger partial charge in [0.1, 0.15) is 11.4 Å². The van der Waals surface area contributed by atoms with Crippen molar-refractivity contribution in [2.24, 2.45) is 0 Å². The number of aromatic nitrogens is 2. The Bertz CT molecular complexity index is 867. The molecule has 0 aliphatic rings. The maximum absolute atomic E-state index is 12.5. The summed E-state index contributed by atoms with van der Waals surface area (Å²) in [4.78, 5) is 15.5. The summed E-state index contributed by atoms with van der Waals surface area (Å²) in [6.45, 7) is 0. The fraction of sp³-hybridized carbons (Fsp3) is 0.0588. The van der Waals surface area contributed by atoms with Crippen molar-refractivity contribution in [1.82, 2.24) is 9.55 Å². The van der Waals surface area contributed by atoms with Crippen molar-refractivity contribution in [1.29, 1.82) is 0 Å². The van der Waals surface area contributed by atoms with E-state index in [0.29, 0.717) is 16.2 Å². The molecule has 3 rings (SSSR count). The number of ether oxygens (including phenoxy) is 1. The number of amides is 1. The Morgan fingerprint density at radius 3 is 2.48 bits per heavy atom. The second-order valence-corrected chi connectivity index (χ2v) is 5.22. The first-order valence-corrected chi connectivity index (χ1v) is 7.41. The molecule has 2 aromatic carbocycles. The lowest BCUT2D eigenvalue weighted by molar-refractivity contribution is 0.102. The van der Waals surface area contributed by atoms with Crippen molar-refractivity contribution in [3.63, 3.8) is 0 Å². The Balaban J connectivity index is 1.90. The van der Waals surface area contributed by atoms with Gasteiger partial charge in [0.25, 0.3) is 5.91 Å². The lowest BCUT2D eigenvalue weighted by Crippen LogP contribution is -2.16. The van der Waals surface area contributed by atoms with Crippen molar-refractivity contribution in [2.75, 3.05) is 12.4 Å². The van der Waals surface area contributed by atoms with E-state index in [2.05, 4.69) is 10.3 Å². The number of carbonyl (C=O) groups excluding carboxylic acids is 1. The van der Waals surface area contributed by atoms with Crippen LogP contribution in [0.4, 0.5) is 5.69 Å². The number of para-hydroxylation sites is 1. The minimum absolute atomic E-state index is 0.244. The second-order valence-electron chi connectivity index (χ2n) is 4.83. The maximum Gasteiger partial charge on any atom is 0.274 e. The number of hydrogen-bond acceptors (Lipinski definition) is 3. The minimum atomic E-state index is -0.244. The van der Waals surface area contributed by atoms with Gasteiger partial charge in [0.05, 0.1) is 7.11 Å². The predicted octanol–water partition coefficient (Wildman–Crippen LogP) is 3.80. The molecule has 0 atom stereocenters. The van der Waals surface area contributed by atoms with Crippen LogP contribution >= 0.6 is 12.2 Å². The molecule has 0 radical (unpaired) electrons. The van der Waals surface area contributed by atoms with Crippen LogP contribution in [0.1, 0.15) is 10.5 Å². The van der Waals surface area contributed by atoms with Crippen LogP contribution in [0, 0.1) is 4.77 Å². The maximum atomic E-state index is 12.5. The Morgan fingerprint density at radius 1 is 1.13 bits per heavy atom. The summed E-state index contributed by atoms with van der Waals surface area (Å²) in [5, 5.41) is 2.85. The zero-order valence-electron chi connectivity index (χ0n) is 12.4. The summed E-state index contributed by atoms with van der Waals surface area (Å²) < 4.78 is 7.27. The van der Waals surface area contributed by atoms with Crippen LogP contribution in [0.2, 0.25) is 0 Å². The topological polar surface area (TPSA) is 59.0 Å². The number of imidazole rings is 1. The molecule has 1 amide bonds. The first-order chi connectivity index (χ1) is 11.2. The molecule has 0 bridgehead atoms. The van der Waals surface area contributed by atoms with Gasteiger partial charge in [0.15, 0.2) is 4.77 Å². The molecule has 1 heterocycles. The Kier molecular flexibility index (Phi) is 4.25. The van der Waals surface area contributed by atoms with Gasteiger partial charge in [-0.15, -0.1) is 0 Å². The number of anilines is 1. The summed E-state index contributed by atoms with van der Waals surface area (Å²) in [7, 11) is 1.60. The molecule has 0 spiro atoms. The molecule has 0 aliphatic heterocycles. The first-order valence-electron chi connectivity index (χ1n) is 7.00. The van der Waals surface area contributed by atoms with Crippen LogP contribution in [-0.2, 0) is 0 Å². The molecular formula is C17H15N3O2S. The Hall–Kier alpha value is -2.86. The van der Waals surface area contributed by atoms with Crippen molar-refractivity contribution < 1.29 is 9.53 Å². The highest BCUT2D eigenvalue weighted by Crippen LogP contribution is 2.17. The average Bonchev–Trinajstić information content (AvgIpc) is 2.98. The van der Waals surface area contributed by atoms with Crippen LogP contribution in [0.15, 0.2) is 60.8 Å². The second kappa shape index (κ2) is 6.50. The lowest BCUT2D eigenvalue weighted by atomic mass is 10.3. The molecule has 3 aromatic rings. The molecular weight excluding hydrogens is 310 g/mol. The van der Waals surface area contributed by atoms with Crippen LogP contribution in [0.25, 0.3) is 5.69 Å². The van der Waals surface area contributed by atoms with Gasteiger partial charge in [-0.1, -0.05) is 18.2 Å². The number of nitrogens with one attached hydrogen (secondary N) is 2. The smallest absolute Gasteiger partial charge is 0.274 e. The van der Waals surface area contributed by atoms with E-state index in [-0.39, 0.29) is 5.91 Å². The van der Waals surface area contributed by atoms with Gasteiger partial charge in [-0.3, -0.25) is 9.36 Å². The number of rotatable bonds is 4. The summed E-state index contributed by atoms with van der Waals surface area (Å²) in [5.74, 6) is 0.489. The molecule has 0 saturated carbocycles. The summed E-state index contributed by atoms with van der Waals surface area (Å²) in [6, 6.07) is 16.6. The van der Waals surface area contributed by atoms with Crippen LogP contribution in [0.5, 0.6) is 5.75 Å². The fourth-order valence-electron chi connectivity index (χ4n) is 2.24. The highest BCUT2D eigenvalue weighted by Gasteiger charge is 2.14. The molecule has 0 unspecified atom stereocenters. The number of aromatic amines is 1. The van der Waals surface area contributed by atoms with Crippen LogP contribution < -0.4 is 10.1 Å². The van der Waals surface area contributed by atoms with E-state index in [1.54, 1.807) is 42.1 Å². The fourth-order valence-corrected chi connectivity index (χ4v) is 2.50. The molecule has 23 heavy (non-hydrogen) atoms. The zero-order chi connectivity index (χ0) is 16.2.